The molecular weight excluding hydrogens is 697 g/mol. The number of aromatic nitrogens is 6. The highest BCUT2D eigenvalue weighted by molar-refractivity contribution is 6.11. The van der Waals surface area contributed by atoms with E-state index in [1.54, 1.807) is 24.8 Å². The topological polar surface area (TPSA) is 69.4 Å². The molecule has 57 heavy (non-hydrogen) atoms. The standard InChI is InChI=1S/C51H44N6/c1-50(2,3)38-21-23-44-42(29-38)43-30-39(51(4,5)6)22-24-45(43)57(44)46-40(33-15-9-7-10-16-33)27-37(28-41(46)34-17-11-8-12-18-34)49-55-47(35-19-13-25-52-31-35)54-48(56-49)36-20-14-26-53-32-36/h7-32H,1-6H3. The minimum atomic E-state index is -0.00975. The number of fused-ring (bicyclic) bond motifs is 3. The van der Waals surface area contributed by atoms with Crippen molar-refractivity contribution in [3.05, 3.63) is 169 Å². The van der Waals surface area contributed by atoms with Crippen molar-refractivity contribution in [1.29, 1.82) is 0 Å². The lowest BCUT2D eigenvalue weighted by molar-refractivity contribution is 0.590. The van der Waals surface area contributed by atoms with Crippen LogP contribution in [0.1, 0.15) is 52.7 Å². The van der Waals surface area contributed by atoms with E-state index in [0.29, 0.717) is 17.5 Å². The van der Waals surface area contributed by atoms with Crippen molar-refractivity contribution < 1.29 is 0 Å². The van der Waals surface area contributed by atoms with Gasteiger partial charge >= 0.3 is 0 Å². The van der Waals surface area contributed by atoms with E-state index in [0.717, 1.165) is 55.7 Å². The maximum atomic E-state index is 5.14. The minimum absolute atomic E-state index is 0.00975. The zero-order valence-electron chi connectivity index (χ0n) is 33.2. The number of hydrogen-bond donors (Lipinski definition) is 0. The lowest BCUT2D eigenvalue weighted by Gasteiger charge is -2.22. The van der Waals surface area contributed by atoms with Gasteiger partial charge in [0.05, 0.1) is 16.7 Å². The molecule has 0 amide bonds. The summed E-state index contributed by atoms with van der Waals surface area (Å²) in [5.41, 5.74) is 12.8. The maximum Gasteiger partial charge on any atom is 0.165 e. The monoisotopic (exact) mass is 740 g/mol. The number of benzene rings is 5. The summed E-state index contributed by atoms with van der Waals surface area (Å²) in [6.45, 7) is 13.7. The normalized spacial score (nSPS) is 12.0. The Morgan fingerprint density at radius 1 is 0.404 bits per heavy atom. The molecule has 0 bridgehead atoms. The Labute approximate surface area is 334 Å². The molecule has 0 aliphatic rings. The SMILES string of the molecule is CC(C)(C)c1ccc2c(c1)c1cc(C(C)(C)C)ccc1n2-c1c(-c2ccccc2)cc(-c2nc(-c3cccnc3)nc(-c3cccnc3)n2)cc1-c1ccccc1. The number of hydrogen-bond acceptors (Lipinski definition) is 5. The first-order valence-corrected chi connectivity index (χ1v) is 19.5. The van der Waals surface area contributed by atoms with Crippen LogP contribution in [0, 0.1) is 0 Å². The van der Waals surface area contributed by atoms with E-state index in [1.165, 1.54) is 21.9 Å². The molecule has 9 rings (SSSR count). The molecule has 0 saturated carbocycles. The summed E-state index contributed by atoms with van der Waals surface area (Å²) in [4.78, 5) is 24.0. The molecular formula is C51H44N6. The fraction of sp³-hybridized carbons (Fsp3) is 0.157. The second-order valence-electron chi connectivity index (χ2n) is 16.7. The summed E-state index contributed by atoms with van der Waals surface area (Å²) in [6, 6.07) is 47.6. The van der Waals surface area contributed by atoms with E-state index in [9.17, 15) is 0 Å². The molecule has 4 heterocycles. The van der Waals surface area contributed by atoms with Crippen molar-refractivity contribution in [2.45, 2.75) is 52.4 Å². The van der Waals surface area contributed by atoms with Gasteiger partial charge in [0, 0.05) is 63.4 Å². The zero-order chi connectivity index (χ0) is 39.3. The average molecular weight is 741 g/mol. The molecule has 0 radical (unpaired) electrons. The molecule has 0 atom stereocenters. The summed E-state index contributed by atoms with van der Waals surface area (Å²) >= 11 is 0. The van der Waals surface area contributed by atoms with Crippen LogP contribution in [0.5, 0.6) is 0 Å². The molecule has 4 aromatic heterocycles. The molecule has 6 heteroatoms. The van der Waals surface area contributed by atoms with Crippen molar-refractivity contribution in [3.8, 4) is 62.1 Å². The molecule has 0 fully saturated rings. The van der Waals surface area contributed by atoms with Crippen LogP contribution in [-0.4, -0.2) is 29.5 Å². The van der Waals surface area contributed by atoms with Crippen LogP contribution in [0.4, 0.5) is 0 Å². The highest BCUT2D eigenvalue weighted by Crippen LogP contribution is 2.45. The van der Waals surface area contributed by atoms with Crippen molar-refractivity contribution >= 4 is 21.8 Å². The highest BCUT2D eigenvalue weighted by atomic mass is 15.0. The van der Waals surface area contributed by atoms with Gasteiger partial charge in [-0.25, -0.2) is 15.0 Å². The van der Waals surface area contributed by atoms with Crippen LogP contribution < -0.4 is 0 Å². The quantitative estimate of drug-likeness (QED) is 0.170. The van der Waals surface area contributed by atoms with E-state index >= 15 is 0 Å². The number of pyridine rings is 2. The smallest absolute Gasteiger partial charge is 0.165 e. The van der Waals surface area contributed by atoms with Crippen LogP contribution in [0.3, 0.4) is 0 Å². The molecule has 0 saturated heterocycles. The van der Waals surface area contributed by atoms with Gasteiger partial charge in [-0.3, -0.25) is 9.97 Å². The molecule has 0 aliphatic carbocycles. The first-order valence-electron chi connectivity index (χ1n) is 19.5. The first-order chi connectivity index (χ1) is 27.5. The van der Waals surface area contributed by atoms with Crippen LogP contribution in [0.15, 0.2) is 158 Å². The van der Waals surface area contributed by atoms with Crippen molar-refractivity contribution in [1.82, 2.24) is 29.5 Å². The molecule has 0 spiro atoms. The van der Waals surface area contributed by atoms with E-state index in [-0.39, 0.29) is 10.8 Å². The Morgan fingerprint density at radius 3 is 1.19 bits per heavy atom. The van der Waals surface area contributed by atoms with Crippen LogP contribution in [0.25, 0.3) is 83.9 Å². The van der Waals surface area contributed by atoms with Gasteiger partial charge in [-0.15, -0.1) is 0 Å². The van der Waals surface area contributed by atoms with E-state index in [2.05, 4.69) is 165 Å². The third kappa shape index (κ3) is 6.78. The van der Waals surface area contributed by atoms with Crippen molar-refractivity contribution in [2.24, 2.45) is 0 Å². The van der Waals surface area contributed by atoms with Gasteiger partial charge in [-0.05, 0) is 93.7 Å². The van der Waals surface area contributed by atoms with Crippen molar-refractivity contribution in [3.63, 3.8) is 0 Å². The molecule has 278 valence electrons. The second kappa shape index (κ2) is 14.1. The van der Waals surface area contributed by atoms with Gasteiger partial charge in [-0.1, -0.05) is 114 Å². The lowest BCUT2D eigenvalue weighted by Crippen LogP contribution is -2.10. The third-order valence-corrected chi connectivity index (χ3v) is 10.7. The van der Waals surface area contributed by atoms with Gasteiger partial charge in [0.1, 0.15) is 0 Å². The van der Waals surface area contributed by atoms with Gasteiger partial charge in [0.15, 0.2) is 17.5 Å². The fourth-order valence-electron chi connectivity index (χ4n) is 7.63. The van der Waals surface area contributed by atoms with Crippen LogP contribution in [-0.2, 0) is 10.8 Å². The van der Waals surface area contributed by atoms with Crippen LogP contribution >= 0.6 is 0 Å². The Morgan fingerprint density at radius 2 is 0.807 bits per heavy atom. The molecule has 9 aromatic rings. The van der Waals surface area contributed by atoms with E-state index in [1.807, 2.05) is 24.3 Å². The number of nitrogens with zero attached hydrogens (tertiary/aromatic N) is 6. The fourth-order valence-corrected chi connectivity index (χ4v) is 7.63. The molecule has 5 aromatic carbocycles. The Bertz CT molecular complexity index is 2700. The molecule has 0 unspecified atom stereocenters. The van der Waals surface area contributed by atoms with Gasteiger partial charge in [-0.2, -0.15) is 0 Å². The zero-order valence-corrected chi connectivity index (χ0v) is 33.2. The predicted octanol–water partition coefficient (Wildman–Crippen LogP) is 12.7. The van der Waals surface area contributed by atoms with Gasteiger partial charge in [0.25, 0.3) is 0 Å². The van der Waals surface area contributed by atoms with Crippen molar-refractivity contribution in [2.75, 3.05) is 0 Å². The minimum Gasteiger partial charge on any atom is -0.308 e. The predicted molar refractivity (Wildman–Crippen MR) is 234 cm³/mol. The van der Waals surface area contributed by atoms with E-state index in [4.69, 9.17) is 15.0 Å². The molecule has 0 aliphatic heterocycles. The number of rotatable bonds is 6. The van der Waals surface area contributed by atoms with Crippen LogP contribution in [0.2, 0.25) is 0 Å². The Kier molecular flexibility index (Phi) is 8.85. The summed E-state index contributed by atoms with van der Waals surface area (Å²) < 4.78 is 2.48. The maximum absolute atomic E-state index is 5.14. The van der Waals surface area contributed by atoms with E-state index < -0.39 is 0 Å². The molecule has 6 nitrogen and oxygen atoms in total. The Balaban J connectivity index is 1.41. The Hall–Kier alpha value is -6.79. The summed E-state index contributed by atoms with van der Waals surface area (Å²) in [6.07, 6.45) is 7.09. The molecule has 0 N–H and O–H groups in total. The first kappa shape index (κ1) is 35.9. The summed E-state index contributed by atoms with van der Waals surface area (Å²) in [5, 5.41) is 2.48. The average Bonchev–Trinajstić information content (AvgIpc) is 3.56. The highest BCUT2D eigenvalue weighted by Gasteiger charge is 2.25. The lowest BCUT2D eigenvalue weighted by atomic mass is 9.85. The van der Waals surface area contributed by atoms with Gasteiger partial charge in [0.2, 0.25) is 0 Å². The van der Waals surface area contributed by atoms with Gasteiger partial charge < -0.3 is 4.57 Å². The summed E-state index contributed by atoms with van der Waals surface area (Å²) in [7, 11) is 0. The summed E-state index contributed by atoms with van der Waals surface area (Å²) in [5.74, 6) is 1.66. The second-order valence-corrected chi connectivity index (χ2v) is 16.7. The third-order valence-electron chi connectivity index (χ3n) is 10.7. The largest absolute Gasteiger partial charge is 0.308 e.